The van der Waals surface area contributed by atoms with E-state index in [0.29, 0.717) is 29.5 Å². The summed E-state index contributed by atoms with van der Waals surface area (Å²) in [4.78, 5) is 26.1. The van der Waals surface area contributed by atoms with Crippen molar-refractivity contribution < 1.29 is 28.2 Å². The van der Waals surface area contributed by atoms with Crippen LogP contribution in [0, 0.1) is 0 Å². The number of anilines is 1. The second-order valence-electron chi connectivity index (χ2n) is 6.68. The highest BCUT2D eigenvalue weighted by Gasteiger charge is 2.14. The van der Waals surface area contributed by atoms with E-state index in [2.05, 4.69) is 5.32 Å². The van der Waals surface area contributed by atoms with Crippen LogP contribution in [0.3, 0.4) is 0 Å². The molecule has 0 aliphatic heterocycles. The molecule has 0 aliphatic carbocycles. The van der Waals surface area contributed by atoms with Crippen LogP contribution >= 0.6 is 0 Å². The number of amides is 2. The Kier molecular flexibility index (Phi) is 7.16. The van der Waals surface area contributed by atoms with Gasteiger partial charge in [-0.05, 0) is 36.4 Å². The highest BCUT2D eigenvalue weighted by molar-refractivity contribution is 6.02. The predicted octanol–water partition coefficient (Wildman–Crippen LogP) is 3.59. The largest absolute Gasteiger partial charge is 0.497 e. The van der Waals surface area contributed by atoms with Gasteiger partial charge in [-0.2, -0.15) is 0 Å². The van der Waals surface area contributed by atoms with E-state index in [9.17, 15) is 9.59 Å². The summed E-state index contributed by atoms with van der Waals surface area (Å²) in [6, 6.07) is 15.4. The zero-order chi connectivity index (χ0) is 22.2. The SMILES string of the molecule is COc1ccc(CN(C)C(=O)COc2cccc(NC(=O)c3ccco3)c2)c(OC)c1. The second kappa shape index (κ2) is 10.2. The number of carbonyl (C=O) groups is 2. The lowest BCUT2D eigenvalue weighted by Crippen LogP contribution is -2.31. The summed E-state index contributed by atoms with van der Waals surface area (Å²) in [5, 5.41) is 2.72. The van der Waals surface area contributed by atoms with E-state index in [4.69, 9.17) is 18.6 Å². The van der Waals surface area contributed by atoms with Crippen LogP contribution in [0.15, 0.2) is 65.3 Å². The molecule has 162 valence electrons. The number of likely N-dealkylation sites (N-methyl/N-ethyl adjacent to an activating group) is 1. The standard InChI is InChI=1S/C23H24N2O6/c1-25(14-16-9-10-18(28-2)13-21(16)29-3)22(26)15-31-19-7-4-6-17(12-19)24-23(27)20-8-5-11-30-20/h4-13H,14-15H2,1-3H3,(H,24,27). The Bertz CT molecular complexity index is 1030. The molecule has 0 radical (unpaired) electrons. The van der Waals surface area contributed by atoms with E-state index in [0.717, 1.165) is 5.56 Å². The van der Waals surface area contributed by atoms with E-state index in [-0.39, 0.29) is 24.2 Å². The molecule has 0 saturated heterocycles. The zero-order valence-electron chi connectivity index (χ0n) is 17.6. The third-order valence-electron chi connectivity index (χ3n) is 4.53. The van der Waals surface area contributed by atoms with Gasteiger partial charge in [-0.15, -0.1) is 0 Å². The van der Waals surface area contributed by atoms with Crippen LogP contribution in [0.5, 0.6) is 17.2 Å². The minimum absolute atomic E-state index is 0.148. The van der Waals surface area contributed by atoms with E-state index < -0.39 is 0 Å². The predicted molar refractivity (Wildman–Crippen MR) is 115 cm³/mol. The van der Waals surface area contributed by atoms with Gasteiger partial charge in [-0.25, -0.2) is 0 Å². The molecule has 1 aromatic heterocycles. The fourth-order valence-corrected chi connectivity index (χ4v) is 2.85. The van der Waals surface area contributed by atoms with Gasteiger partial charge >= 0.3 is 0 Å². The third-order valence-corrected chi connectivity index (χ3v) is 4.53. The molecule has 0 atom stereocenters. The topological polar surface area (TPSA) is 90.2 Å². The van der Waals surface area contributed by atoms with Crippen molar-refractivity contribution in [3.63, 3.8) is 0 Å². The molecule has 2 aromatic carbocycles. The van der Waals surface area contributed by atoms with Crippen LogP contribution < -0.4 is 19.5 Å². The van der Waals surface area contributed by atoms with Crippen LogP contribution in [0.4, 0.5) is 5.69 Å². The van der Waals surface area contributed by atoms with Gasteiger partial charge in [-0.1, -0.05) is 6.07 Å². The van der Waals surface area contributed by atoms with Crippen molar-refractivity contribution in [2.45, 2.75) is 6.54 Å². The summed E-state index contributed by atoms with van der Waals surface area (Å²) in [5.41, 5.74) is 1.38. The fraction of sp³-hybridized carbons (Fsp3) is 0.217. The van der Waals surface area contributed by atoms with Gasteiger partial charge < -0.3 is 28.8 Å². The van der Waals surface area contributed by atoms with Crippen molar-refractivity contribution >= 4 is 17.5 Å². The first-order chi connectivity index (χ1) is 15.0. The van der Waals surface area contributed by atoms with Crippen LogP contribution in [-0.2, 0) is 11.3 Å². The summed E-state index contributed by atoms with van der Waals surface area (Å²) in [5.74, 6) is 1.41. The maximum Gasteiger partial charge on any atom is 0.291 e. The summed E-state index contributed by atoms with van der Waals surface area (Å²) in [6.45, 7) is 0.207. The van der Waals surface area contributed by atoms with E-state index in [1.807, 2.05) is 12.1 Å². The quantitative estimate of drug-likeness (QED) is 0.565. The molecule has 0 spiro atoms. The lowest BCUT2D eigenvalue weighted by atomic mass is 10.2. The number of hydrogen-bond donors (Lipinski definition) is 1. The van der Waals surface area contributed by atoms with Gasteiger partial charge in [-0.3, -0.25) is 9.59 Å². The maximum absolute atomic E-state index is 12.5. The number of nitrogens with zero attached hydrogens (tertiary/aromatic N) is 1. The van der Waals surface area contributed by atoms with Crippen molar-refractivity contribution in [3.05, 3.63) is 72.2 Å². The van der Waals surface area contributed by atoms with Crippen molar-refractivity contribution in [3.8, 4) is 17.2 Å². The van der Waals surface area contributed by atoms with Gasteiger partial charge in [0.15, 0.2) is 12.4 Å². The normalized spacial score (nSPS) is 10.3. The van der Waals surface area contributed by atoms with Crippen LogP contribution in [-0.4, -0.2) is 44.6 Å². The molecule has 8 heteroatoms. The number of carbonyl (C=O) groups excluding carboxylic acids is 2. The lowest BCUT2D eigenvalue weighted by molar-refractivity contribution is -0.132. The first kappa shape index (κ1) is 21.8. The molecule has 31 heavy (non-hydrogen) atoms. The number of nitrogens with one attached hydrogen (secondary N) is 1. The van der Waals surface area contributed by atoms with Crippen molar-refractivity contribution in [1.82, 2.24) is 4.90 Å². The number of furan rings is 1. The molecule has 0 fully saturated rings. The molecule has 0 aliphatic rings. The summed E-state index contributed by atoms with van der Waals surface area (Å²) >= 11 is 0. The molecular formula is C23H24N2O6. The van der Waals surface area contributed by atoms with E-state index >= 15 is 0 Å². The second-order valence-corrected chi connectivity index (χ2v) is 6.68. The number of methoxy groups -OCH3 is 2. The van der Waals surface area contributed by atoms with Crippen LogP contribution in [0.1, 0.15) is 16.1 Å². The Morgan fingerprint density at radius 2 is 1.84 bits per heavy atom. The van der Waals surface area contributed by atoms with E-state index in [1.165, 1.54) is 6.26 Å². The van der Waals surface area contributed by atoms with E-state index in [1.54, 1.807) is 68.6 Å². The monoisotopic (exact) mass is 424 g/mol. The number of rotatable bonds is 9. The van der Waals surface area contributed by atoms with Crippen molar-refractivity contribution in [2.75, 3.05) is 33.2 Å². The maximum atomic E-state index is 12.5. The van der Waals surface area contributed by atoms with Gasteiger partial charge in [0, 0.05) is 37.0 Å². The van der Waals surface area contributed by atoms with Gasteiger partial charge in [0.25, 0.3) is 11.8 Å². The van der Waals surface area contributed by atoms with Gasteiger partial charge in [0.2, 0.25) is 0 Å². The molecule has 3 aromatic rings. The summed E-state index contributed by atoms with van der Waals surface area (Å²) in [7, 11) is 4.84. The molecule has 0 unspecified atom stereocenters. The molecule has 1 heterocycles. The molecule has 0 saturated carbocycles. The molecule has 8 nitrogen and oxygen atoms in total. The third kappa shape index (κ3) is 5.79. The van der Waals surface area contributed by atoms with Crippen molar-refractivity contribution in [1.29, 1.82) is 0 Å². The number of benzene rings is 2. The van der Waals surface area contributed by atoms with Crippen LogP contribution in [0.25, 0.3) is 0 Å². The number of hydrogen-bond acceptors (Lipinski definition) is 6. The Balaban J connectivity index is 1.56. The average molecular weight is 424 g/mol. The zero-order valence-corrected chi connectivity index (χ0v) is 17.6. The fourth-order valence-electron chi connectivity index (χ4n) is 2.85. The van der Waals surface area contributed by atoms with Gasteiger partial charge in [0.05, 0.1) is 20.5 Å². The first-order valence-electron chi connectivity index (χ1n) is 9.52. The molecular weight excluding hydrogens is 400 g/mol. The highest BCUT2D eigenvalue weighted by Crippen LogP contribution is 2.25. The smallest absolute Gasteiger partial charge is 0.291 e. The minimum atomic E-state index is -0.369. The summed E-state index contributed by atoms with van der Waals surface area (Å²) < 4.78 is 21.3. The Labute approximate surface area is 180 Å². The molecule has 0 bridgehead atoms. The molecule has 3 rings (SSSR count). The van der Waals surface area contributed by atoms with Crippen LogP contribution in [0.2, 0.25) is 0 Å². The molecule has 1 N–H and O–H groups in total. The highest BCUT2D eigenvalue weighted by atomic mass is 16.5. The number of ether oxygens (including phenoxy) is 3. The Morgan fingerprint density at radius 3 is 2.55 bits per heavy atom. The van der Waals surface area contributed by atoms with Gasteiger partial charge in [0.1, 0.15) is 17.2 Å². The Hall–Kier alpha value is -3.94. The summed E-state index contributed by atoms with van der Waals surface area (Å²) in [6.07, 6.45) is 1.43. The minimum Gasteiger partial charge on any atom is -0.497 e. The lowest BCUT2D eigenvalue weighted by Gasteiger charge is -2.19. The average Bonchev–Trinajstić information content (AvgIpc) is 3.33. The molecule has 2 amide bonds. The van der Waals surface area contributed by atoms with Crippen molar-refractivity contribution in [2.24, 2.45) is 0 Å². The first-order valence-corrected chi connectivity index (χ1v) is 9.52. The Morgan fingerprint density at radius 1 is 1.00 bits per heavy atom.